The van der Waals surface area contributed by atoms with E-state index in [9.17, 15) is 4.79 Å². The largest absolute Gasteiger partial charge is 0.339 e. The first-order valence-electron chi connectivity index (χ1n) is 6.91. The first-order chi connectivity index (χ1) is 9.35. The van der Waals surface area contributed by atoms with Gasteiger partial charge in [-0.25, -0.2) is 4.98 Å². The van der Waals surface area contributed by atoms with Crippen molar-refractivity contribution in [2.45, 2.75) is 37.5 Å². The number of aromatic nitrogens is 2. The highest BCUT2D eigenvalue weighted by Crippen LogP contribution is 2.43. The number of carbonyl (C=O) groups is 1. The van der Waals surface area contributed by atoms with E-state index >= 15 is 0 Å². The first-order valence-corrected chi connectivity index (χ1v) is 6.91. The number of nitrogens with zero attached hydrogens (tertiary/aromatic N) is 1. The van der Waals surface area contributed by atoms with Gasteiger partial charge >= 0.3 is 0 Å². The van der Waals surface area contributed by atoms with Gasteiger partial charge < -0.3 is 4.98 Å². The van der Waals surface area contributed by atoms with Crippen LogP contribution in [0.1, 0.15) is 54.0 Å². The molecule has 1 heterocycles. The summed E-state index contributed by atoms with van der Waals surface area (Å²) in [5.74, 6) is 0.945. The Hall–Kier alpha value is -1.90. The number of hydrogen-bond donors (Lipinski definition) is 1. The maximum absolute atomic E-state index is 10.9. The van der Waals surface area contributed by atoms with Gasteiger partial charge in [0.25, 0.3) is 0 Å². The van der Waals surface area contributed by atoms with E-state index in [1.165, 1.54) is 24.8 Å². The highest BCUT2D eigenvalue weighted by atomic mass is 16.1. The minimum atomic E-state index is -0.0409. The van der Waals surface area contributed by atoms with Crippen molar-refractivity contribution in [2.75, 3.05) is 0 Å². The van der Waals surface area contributed by atoms with Crippen LogP contribution in [-0.2, 0) is 5.41 Å². The number of benzene rings is 1. The molecule has 3 rings (SSSR count). The van der Waals surface area contributed by atoms with Crippen LogP contribution >= 0.6 is 0 Å². The number of hydrogen-bond acceptors (Lipinski definition) is 2. The third-order valence-electron chi connectivity index (χ3n) is 4.21. The molecule has 2 aromatic rings. The molecule has 98 valence electrons. The molecule has 0 radical (unpaired) electrons. The maximum Gasteiger partial charge on any atom is 0.167 e. The van der Waals surface area contributed by atoms with Crippen LogP contribution in [0.2, 0.25) is 0 Å². The lowest BCUT2D eigenvalue weighted by Gasteiger charge is -2.36. The van der Waals surface area contributed by atoms with Crippen molar-refractivity contribution in [3.8, 4) is 0 Å². The predicted molar refractivity (Wildman–Crippen MR) is 74.3 cm³/mol. The predicted octanol–water partition coefficient (Wildman–Crippen LogP) is 3.47. The summed E-state index contributed by atoms with van der Waals surface area (Å²) in [4.78, 5) is 18.5. The van der Waals surface area contributed by atoms with Gasteiger partial charge in [-0.2, -0.15) is 0 Å². The lowest BCUT2D eigenvalue weighted by atomic mass is 9.69. The topological polar surface area (TPSA) is 45.8 Å². The quantitative estimate of drug-likeness (QED) is 0.852. The zero-order valence-electron chi connectivity index (χ0n) is 10.9. The summed E-state index contributed by atoms with van der Waals surface area (Å²) >= 11 is 0. The van der Waals surface area contributed by atoms with E-state index < -0.39 is 0 Å². The maximum atomic E-state index is 10.9. The van der Waals surface area contributed by atoms with Gasteiger partial charge in [0.05, 0.1) is 17.3 Å². The number of aromatic amines is 1. The van der Waals surface area contributed by atoms with E-state index in [0.717, 1.165) is 25.0 Å². The smallest absolute Gasteiger partial charge is 0.167 e. The van der Waals surface area contributed by atoms with Crippen molar-refractivity contribution in [3.63, 3.8) is 0 Å². The molecule has 0 spiro atoms. The molecule has 1 aromatic carbocycles. The zero-order chi connectivity index (χ0) is 13.1. The molecule has 1 fully saturated rings. The van der Waals surface area contributed by atoms with Crippen LogP contribution < -0.4 is 0 Å². The number of imidazole rings is 1. The molecule has 1 aromatic heterocycles. The fourth-order valence-electron chi connectivity index (χ4n) is 3.21. The average Bonchev–Trinajstić information content (AvgIpc) is 2.98. The minimum Gasteiger partial charge on any atom is -0.339 e. The summed E-state index contributed by atoms with van der Waals surface area (Å²) in [5.41, 5.74) is 1.83. The summed E-state index contributed by atoms with van der Waals surface area (Å²) in [5, 5.41) is 0. The minimum absolute atomic E-state index is 0.0409. The Morgan fingerprint density at radius 3 is 2.47 bits per heavy atom. The second kappa shape index (κ2) is 5.00. The van der Waals surface area contributed by atoms with Crippen molar-refractivity contribution in [1.82, 2.24) is 9.97 Å². The van der Waals surface area contributed by atoms with Gasteiger partial charge in [-0.05, 0) is 18.4 Å². The highest BCUT2D eigenvalue weighted by molar-refractivity contribution is 5.71. The average molecular weight is 254 g/mol. The van der Waals surface area contributed by atoms with Crippen LogP contribution in [0.25, 0.3) is 0 Å². The summed E-state index contributed by atoms with van der Waals surface area (Å²) < 4.78 is 0. The van der Waals surface area contributed by atoms with Crippen LogP contribution in [0, 0.1) is 0 Å². The number of rotatable bonds is 3. The third-order valence-corrected chi connectivity index (χ3v) is 4.21. The van der Waals surface area contributed by atoms with Crippen LogP contribution in [0.3, 0.4) is 0 Å². The van der Waals surface area contributed by atoms with Gasteiger partial charge in [0, 0.05) is 0 Å². The Kier molecular flexibility index (Phi) is 3.20. The van der Waals surface area contributed by atoms with Crippen molar-refractivity contribution in [1.29, 1.82) is 0 Å². The van der Waals surface area contributed by atoms with E-state index in [4.69, 9.17) is 0 Å². The Labute approximate surface area is 113 Å². The summed E-state index contributed by atoms with van der Waals surface area (Å²) in [6.45, 7) is 0. The lowest BCUT2D eigenvalue weighted by Crippen LogP contribution is -2.31. The van der Waals surface area contributed by atoms with Crippen molar-refractivity contribution < 1.29 is 4.79 Å². The molecule has 0 atom stereocenters. The first kappa shape index (κ1) is 12.2. The molecule has 0 unspecified atom stereocenters. The second-order valence-electron chi connectivity index (χ2n) is 5.31. The lowest BCUT2D eigenvalue weighted by molar-refractivity contribution is 0.111. The zero-order valence-corrected chi connectivity index (χ0v) is 10.9. The molecular weight excluding hydrogens is 236 g/mol. The molecule has 0 amide bonds. The molecule has 0 aliphatic heterocycles. The Morgan fingerprint density at radius 1 is 1.11 bits per heavy atom. The molecule has 1 N–H and O–H groups in total. The summed E-state index contributed by atoms with van der Waals surface area (Å²) in [7, 11) is 0. The third kappa shape index (κ3) is 2.09. The highest BCUT2D eigenvalue weighted by Gasteiger charge is 2.38. The normalized spacial score (nSPS) is 18.1. The number of carbonyl (C=O) groups excluding carboxylic acids is 1. The summed E-state index contributed by atoms with van der Waals surface area (Å²) in [6.07, 6.45) is 8.39. The Morgan fingerprint density at radius 2 is 1.84 bits per heavy atom. The van der Waals surface area contributed by atoms with Gasteiger partial charge in [0.1, 0.15) is 5.82 Å². The van der Waals surface area contributed by atoms with E-state index in [2.05, 4.69) is 34.2 Å². The van der Waals surface area contributed by atoms with Crippen molar-refractivity contribution >= 4 is 6.29 Å². The van der Waals surface area contributed by atoms with E-state index in [1.54, 1.807) is 6.20 Å². The molecule has 1 aliphatic rings. The van der Waals surface area contributed by atoms with Crippen LogP contribution in [0.15, 0.2) is 36.5 Å². The Bertz CT molecular complexity index is 553. The molecule has 3 nitrogen and oxygen atoms in total. The Balaban J connectivity index is 2.08. The summed E-state index contributed by atoms with van der Waals surface area (Å²) in [6, 6.07) is 10.5. The standard InChI is InChI=1S/C16H18N2O/c19-12-14-11-17-15(18-14)16(9-5-2-6-10-16)13-7-3-1-4-8-13/h1,3-4,7-8,11-12H,2,5-6,9-10H2,(H,17,18). The molecule has 3 heteroatoms. The number of nitrogens with one attached hydrogen (secondary N) is 1. The van der Waals surface area contributed by atoms with Crippen LogP contribution in [0.5, 0.6) is 0 Å². The number of aldehydes is 1. The van der Waals surface area contributed by atoms with Gasteiger partial charge in [0.15, 0.2) is 6.29 Å². The molecule has 0 saturated heterocycles. The van der Waals surface area contributed by atoms with Gasteiger partial charge in [-0.15, -0.1) is 0 Å². The molecule has 1 saturated carbocycles. The van der Waals surface area contributed by atoms with Crippen LogP contribution in [0.4, 0.5) is 0 Å². The van der Waals surface area contributed by atoms with Crippen LogP contribution in [-0.4, -0.2) is 16.3 Å². The fraction of sp³-hybridized carbons (Fsp3) is 0.375. The van der Waals surface area contributed by atoms with E-state index in [0.29, 0.717) is 5.69 Å². The van der Waals surface area contributed by atoms with E-state index in [-0.39, 0.29) is 5.41 Å². The van der Waals surface area contributed by atoms with Gasteiger partial charge in [0.2, 0.25) is 0 Å². The second-order valence-corrected chi connectivity index (χ2v) is 5.31. The number of H-pyrrole nitrogens is 1. The fourth-order valence-corrected chi connectivity index (χ4v) is 3.21. The molecular formula is C16H18N2O. The molecule has 0 bridgehead atoms. The SMILES string of the molecule is O=Cc1cnc(C2(c3ccccc3)CCCCC2)[nH]1. The molecule has 1 aliphatic carbocycles. The molecule has 19 heavy (non-hydrogen) atoms. The monoisotopic (exact) mass is 254 g/mol. The van der Waals surface area contributed by atoms with Crippen molar-refractivity contribution in [3.05, 3.63) is 53.6 Å². The van der Waals surface area contributed by atoms with Gasteiger partial charge in [-0.3, -0.25) is 4.79 Å². The van der Waals surface area contributed by atoms with Gasteiger partial charge in [-0.1, -0.05) is 49.6 Å². The van der Waals surface area contributed by atoms with Crippen molar-refractivity contribution in [2.24, 2.45) is 0 Å². The van der Waals surface area contributed by atoms with E-state index in [1.807, 2.05) is 6.07 Å².